The highest BCUT2D eigenvalue weighted by molar-refractivity contribution is 5.95. The van der Waals surface area contributed by atoms with Crippen molar-refractivity contribution in [3.05, 3.63) is 29.1 Å². The topological polar surface area (TPSA) is 48.5 Å². The van der Waals surface area contributed by atoms with E-state index < -0.39 is 0 Å². The summed E-state index contributed by atoms with van der Waals surface area (Å²) in [6.45, 7) is 7.83. The van der Waals surface area contributed by atoms with E-state index in [1.807, 2.05) is 19.1 Å². The van der Waals surface area contributed by atoms with E-state index in [9.17, 15) is 4.79 Å². The summed E-state index contributed by atoms with van der Waals surface area (Å²) in [5.74, 6) is 0.604. The van der Waals surface area contributed by atoms with Crippen LogP contribution in [0, 0.1) is 6.92 Å². The zero-order chi connectivity index (χ0) is 17.9. The first-order valence-corrected chi connectivity index (χ1v) is 10.4. The molecule has 1 N–H and O–H groups in total. The van der Waals surface area contributed by atoms with Crippen LogP contribution in [0.25, 0.3) is 0 Å². The molecule has 0 radical (unpaired) electrons. The molecule has 3 fully saturated rings. The molecular formula is C21H32N4O. The second-order valence-electron chi connectivity index (χ2n) is 8.18. The van der Waals surface area contributed by atoms with Gasteiger partial charge in [-0.3, -0.25) is 14.7 Å². The Labute approximate surface area is 157 Å². The number of nitrogens with one attached hydrogen (secondary N) is 1. The summed E-state index contributed by atoms with van der Waals surface area (Å²) in [5, 5.41) is 3.41. The van der Waals surface area contributed by atoms with Crippen molar-refractivity contribution < 1.29 is 4.79 Å². The molecule has 1 aromatic heterocycles. The predicted molar refractivity (Wildman–Crippen MR) is 104 cm³/mol. The van der Waals surface area contributed by atoms with Gasteiger partial charge in [-0.2, -0.15) is 0 Å². The number of hydrogen-bond acceptors (Lipinski definition) is 4. The maximum atomic E-state index is 13.3. The Balaban J connectivity index is 1.46. The summed E-state index contributed by atoms with van der Waals surface area (Å²) in [5.41, 5.74) is 2.90. The predicted octanol–water partition coefficient (Wildman–Crippen LogP) is 2.56. The first-order valence-electron chi connectivity index (χ1n) is 10.4. The van der Waals surface area contributed by atoms with Crippen molar-refractivity contribution in [2.75, 3.05) is 39.3 Å². The van der Waals surface area contributed by atoms with Gasteiger partial charge in [0.2, 0.25) is 0 Å². The van der Waals surface area contributed by atoms with E-state index >= 15 is 0 Å². The number of aromatic nitrogens is 1. The van der Waals surface area contributed by atoms with Gasteiger partial charge in [0.25, 0.3) is 5.91 Å². The summed E-state index contributed by atoms with van der Waals surface area (Å²) < 4.78 is 0. The zero-order valence-corrected chi connectivity index (χ0v) is 16.0. The molecule has 2 saturated heterocycles. The smallest absolute Gasteiger partial charge is 0.255 e. The molecule has 1 amide bonds. The average Bonchev–Trinajstić information content (AvgIpc) is 3.23. The second-order valence-corrected chi connectivity index (χ2v) is 8.18. The van der Waals surface area contributed by atoms with Gasteiger partial charge >= 0.3 is 0 Å². The minimum absolute atomic E-state index is 0.192. The molecule has 2 aliphatic heterocycles. The summed E-state index contributed by atoms with van der Waals surface area (Å²) >= 11 is 0. The number of carbonyl (C=O) groups excluding carboxylic acids is 1. The molecule has 3 aliphatic rings. The fourth-order valence-corrected chi connectivity index (χ4v) is 4.89. The highest BCUT2D eigenvalue weighted by atomic mass is 16.2. The van der Waals surface area contributed by atoms with Crippen molar-refractivity contribution in [2.24, 2.45) is 0 Å². The summed E-state index contributed by atoms with van der Waals surface area (Å²) in [6.07, 6.45) is 7.58. The van der Waals surface area contributed by atoms with E-state index in [1.165, 1.54) is 25.7 Å². The van der Waals surface area contributed by atoms with Crippen molar-refractivity contribution in [2.45, 2.75) is 57.4 Å². The molecule has 5 heteroatoms. The second kappa shape index (κ2) is 8.05. The van der Waals surface area contributed by atoms with Gasteiger partial charge in [-0.1, -0.05) is 12.8 Å². The lowest BCUT2D eigenvalue weighted by Crippen LogP contribution is -2.51. The molecule has 0 bridgehead atoms. The van der Waals surface area contributed by atoms with Crippen LogP contribution in [-0.4, -0.2) is 66.0 Å². The standard InChI is InChI=1S/C21H32N4O/c1-16-6-7-19(20(23-16)17-8-10-22-11-9-17)21(26)25-14-12-24(13-15-25)18-4-2-3-5-18/h6-7,17-18,22H,2-5,8-15H2,1H3. The fraction of sp³-hybridized carbons (Fsp3) is 0.714. The Morgan fingerprint density at radius 1 is 1.04 bits per heavy atom. The SMILES string of the molecule is Cc1ccc(C(=O)N2CCN(C3CCCC3)CC2)c(C2CCNCC2)n1. The lowest BCUT2D eigenvalue weighted by molar-refractivity contribution is 0.0571. The van der Waals surface area contributed by atoms with Crippen LogP contribution in [0.15, 0.2) is 12.1 Å². The van der Waals surface area contributed by atoms with Crippen LogP contribution >= 0.6 is 0 Å². The maximum absolute atomic E-state index is 13.3. The molecule has 0 spiro atoms. The quantitative estimate of drug-likeness (QED) is 0.904. The Bertz CT molecular complexity index is 627. The molecule has 1 aromatic rings. The summed E-state index contributed by atoms with van der Waals surface area (Å²) in [7, 11) is 0. The van der Waals surface area contributed by atoms with E-state index in [2.05, 4.69) is 15.1 Å². The molecule has 0 atom stereocenters. The molecule has 0 aromatic carbocycles. The van der Waals surface area contributed by atoms with Gasteiger partial charge in [0, 0.05) is 43.8 Å². The zero-order valence-electron chi connectivity index (χ0n) is 16.0. The van der Waals surface area contributed by atoms with Crippen LogP contribution in [0.4, 0.5) is 0 Å². The van der Waals surface area contributed by atoms with Crippen molar-refractivity contribution in [3.8, 4) is 0 Å². The molecule has 1 saturated carbocycles. The minimum Gasteiger partial charge on any atom is -0.336 e. The lowest BCUT2D eigenvalue weighted by Gasteiger charge is -2.38. The number of piperidine rings is 1. The average molecular weight is 357 g/mol. The largest absolute Gasteiger partial charge is 0.336 e. The van der Waals surface area contributed by atoms with E-state index in [4.69, 9.17) is 4.98 Å². The Kier molecular flexibility index (Phi) is 5.55. The van der Waals surface area contributed by atoms with E-state index in [1.54, 1.807) is 0 Å². The van der Waals surface area contributed by atoms with Crippen LogP contribution in [0.1, 0.15) is 66.2 Å². The molecule has 4 rings (SSSR count). The Morgan fingerprint density at radius 2 is 1.73 bits per heavy atom. The number of rotatable bonds is 3. The molecular weight excluding hydrogens is 324 g/mol. The van der Waals surface area contributed by atoms with E-state index in [-0.39, 0.29) is 5.91 Å². The van der Waals surface area contributed by atoms with Gasteiger partial charge in [0.1, 0.15) is 0 Å². The first kappa shape index (κ1) is 17.9. The normalized spacial score (nSPS) is 23.5. The number of piperazine rings is 1. The summed E-state index contributed by atoms with van der Waals surface area (Å²) in [4.78, 5) is 22.7. The number of nitrogens with zero attached hydrogens (tertiary/aromatic N) is 3. The third-order valence-electron chi connectivity index (χ3n) is 6.46. The number of hydrogen-bond donors (Lipinski definition) is 1. The number of carbonyl (C=O) groups is 1. The van der Waals surface area contributed by atoms with Crippen LogP contribution < -0.4 is 5.32 Å². The van der Waals surface area contributed by atoms with Crippen molar-refractivity contribution in [1.82, 2.24) is 20.1 Å². The van der Waals surface area contributed by atoms with Gasteiger partial charge in [0.15, 0.2) is 0 Å². The highest BCUT2D eigenvalue weighted by Crippen LogP contribution is 2.29. The third-order valence-corrected chi connectivity index (χ3v) is 6.46. The number of amides is 1. The lowest BCUT2D eigenvalue weighted by atomic mass is 9.90. The van der Waals surface area contributed by atoms with E-state index in [0.717, 1.165) is 75.1 Å². The monoisotopic (exact) mass is 356 g/mol. The van der Waals surface area contributed by atoms with Gasteiger partial charge in [-0.15, -0.1) is 0 Å². The molecule has 3 heterocycles. The molecule has 5 nitrogen and oxygen atoms in total. The van der Waals surface area contributed by atoms with Crippen LogP contribution in [-0.2, 0) is 0 Å². The highest BCUT2D eigenvalue weighted by Gasteiger charge is 2.30. The molecule has 1 aliphatic carbocycles. The maximum Gasteiger partial charge on any atom is 0.255 e. The number of aryl methyl sites for hydroxylation is 1. The van der Waals surface area contributed by atoms with Crippen LogP contribution in [0.5, 0.6) is 0 Å². The molecule has 142 valence electrons. The Hall–Kier alpha value is -1.46. The number of pyridine rings is 1. The van der Waals surface area contributed by atoms with Gasteiger partial charge in [-0.05, 0) is 57.8 Å². The van der Waals surface area contributed by atoms with Crippen molar-refractivity contribution in [3.63, 3.8) is 0 Å². The van der Waals surface area contributed by atoms with Crippen LogP contribution in [0.2, 0.25) is 0 Å². The first-order chi connectivity index (χ1) is 12.7. The Morgan fingerprint density at radius 3 is 2.42 bits per heavy atom. The van der Waals surface area contributed by atoms with Gasteiger partial charge in [-0.25, -0.2) is 0 Å². The van der Waals surface area contributed by atoms with Crippen molar-refractivity contribution in [1.29, 1.82) is 0 Å². The van der Waals surface area contributed by atoms with Gasteiger partial charge < -0.3 is 10.2 Å². The molecule has 0 unspecified atom stereocenters. The minimum atomic E-state index is 0.192. The summed E-state index contributed by atoms with van der Waals surface area (Å²) in [6, 6.07) is 4.77. The van der Waals surface area contributed by atoms with E-state index in [0.29, 0.717) is 5.92 Å². The molecule has 26 heavy (non-hydrogen) atoms. The third kappa shape index (κ3) is 3.79. The van der Waals surface area contributed by atoms with Crippen LogP contribution in [0.3, 0.4) is 0 Å². The fourth-order valence-electron chi connectivity index (χ4n) is 4.89. The van der Waals surface area contributed by atoms with Crippen molar-refractivity contribution >= 4 is 5.91 Å². The van der Waals surface area contributed by atoms with Gasteiger partial charge in [0.05, 0.1) is 11.3 Å².